The standard InChI is InChI=1S/C15H21N3O3/c1-4-16-13-7-5-6-12(14(13)18(20)21)15(19)17-8-10(2)11(3)9-17/h5-7,10-11,16H,4,8-9H2,1-3H3. The summed E-state index contributed by atoms with van der Waals surface area (Å²) in [6, 6.07) is 4.85. The van der Waals surface area contributed by atoms with Gasteiger partial charge in [-0.3, -0.25) is 14.9 Å². The molecule has 1 N–H and O–H groups in total. The monoisotopic (exact) mass is 291 g/mol. The molecule has 0 spiro atoms. The van der Waals surface area contributed by atoms with Gasteiger partial charge in [-0.2, -0.15) is 0 Å². The van der Waals surface area contributed by atoms with Crippen LogP contribution >= 0.6 is 0 Å². The number of anilines is 1. The first-order chi connectivity index (χ1) is 9.95. The molecule has 0 saturated carbocycles. The van der Waals surface area contributed by atoms with Crippen LogP contribution < -0.4 is 5.32 Å². The Bertz CT molecular complexity index is 549. The number of benzene rings is 1. The van der Waals surface area contributed by atoms with Gasteiger partial charge < -0.3 is 10.2 Å². The van der Waals surface area contributed by atoms with Crippen molar-refractivity contribution in [3.63, 3.8) is 0 Å². The molecule has 21 heavy (non-hydrogen) atoms. The third-order valence-corrected chi connectivity index (χ3v) is 4.09. The molecule has 0 radical (unpaired) electrons. The summed E-state index contributed by atoms with van der Waals surface area (Å²) in [5.74, 6) is 0.590. The Labute approximate surface area is 124 Å². The molecule has 0 aliphatic carbocycles. The minimum atomic E-state index is -0.478. The summed E-state index contributed by atoms with van der Waals surface area (Å²) >= 11 is 0. The first-order valence-corrected chi connectivity index (χ1v) is 7.26. The van der Waals surface area contributed by atoms with Crippen molar-refractivity contribution in [2.45, 2.75) is 20.8 Å². The summed E-state index contributed by atoms with van der Waals surface area (Å²) in [7, 11) is 0. The van der Waals surface area contributed by atoms with E-state index >= 15 is 0 Å². The van der Waals surface area contributed by atoms with Crippen molar-refractivity contribution in [3.05, 3.63) is 33.9 Å². The van der Waals surface area contributed by atoms with Gasteiger partial charge in [0.25, 0.3) is 5.91 Å². The Hall–Kier alpha value is -2.11. The van der Waals surface area contributed by atoms with Gasteiger partial charge in [0.05, 0.1) is 4.92 Å². The van der Waals surface area contributed by atoms with Crippen molar-refractivity contribution < 1.29 is 9.72 Å². The molecule has 114 valence electrons. The third kappa shape index (κ3) is 2.99. The molecule has 6 heteroatoms. The lowest BCUT2D eigenvalue weighted by Crippen LogP contribution is -2.29. The maximum atomic E-state index is 12.6. The molecule has 1 aliphatic heterocycles. The number of nitrogens with zero attached hydrogens (tertiary/aromatic N) is 2. The Kier molecular flexibility index (Phi) is 4.45. The number of likely N-dealkylation sites (tertiary alicyclic amines) is 1. The predicted octanol–water partition coefficient (Wildman–Crippen LogP) is 2.75. The number of nitro groups is 1. The van der Waals surface area contributed by atoms with Gasteiger partial charge in [0, 0.05) is 19.6 Å². The second-order valence-corrected chi connectivity index (χ2v) is 5.65. The molecule has 1 fully saturated rings. The summed E-state index contributed by atoms with van der Waals surface area (Å²) in [6.07, 6.45) is 0. The van der Waals surface area contributed by atoms with Crippen LogP contribution in [0.4, 0.5) is 11.4 Å². The molecule has 1 heterocycles. The summed E-state index contributed by atoms with van der Waals surface area (Å²) in [5.41, 5.74) is 0.435. The highest BCUT2D eigenvalue weighted by atomic mass is 16.6. The second kappa shape index (κ2) is 6.11. The van der Waals surface area contributed by atoms with Crippen LogP contribution in [-0.4, -0.2) is 35.4 Å². The van der Waals surface area contributed by atoms with Gasteiger partial charge in [0.1, 0.15) is 11.3 Å². The average molecular weight is 291 g/mol. The first-order valence-electron chi connectivity index (χ1n) is 7.26. The van der Waals surface area contributed by atoms with E-state index in [9.17, 15) is 14.9 Å². The largest absolute Gasteiger partial charge is 0.380 e. The zero-order chi connectivity index (χ0) is 15.6. The molecule has 1 aliphatic rings. The summed E-state index contributed by atoms with van der Waals surface area (Å²) < 4.78 is 0. The van der Waals surface area contributed by atoms with Crippen molar-refractivity contribution in [2.24, 2.45) is 11.8 Å². The number of hydrogen-bond donors (Lipinski definition) is 1. The zero-order valence-electron chi connectivity index (χ0n) is 12.6. The van der Waals surface area contributed by atoms with E-state index in [-0.39, 0.29) is 17.2 Å². The van der Waals surface area contributed by atoms with Crippen LogP contribution in [0.2, 0.25) is 0 Å². The quantitative estimate of drug-likeness (QED) is 0.683. The lowest BCUT2D eigenvalue weighted by Gasteiger charge is -2.17. The van der Waals surface area contributed by atoms with E-state index in [0.717, 1.165) is 0 Å². The summed E-state index contributed by atoms with van der Waals surface area (Å²) in [4.78, 5) is 25.2. The highest BCUT2D eigenvalue weighted by molar-refractivity contribution is 6.00. The van der Waals surface area contributed by atoms with Crippen molar-refractivity contribution in [1.29, 1.82) is 0 Å². The van der Waals surface area contributed by atoms with Crippen LogP contribution in [0, 0.1) is 22.0 Å². The van der Waals surface area contributed by atoms with E-state index in [0.29, 0.717) is 37.2 Å². The first kappa shape index (κ1) is 15.3. The highest BCUT2D eigenvalue weighted by Gasteiger charge is 2.33. The second-order valence-electron chi connectivity index (χ2n) is 5.65. The highest BCUT2D eigenvalue weighted by Crippen LogP contribution is 2.31. The van der Waals surface area contributed by atoms with E-state index in [1.807, 2.05) is 6.92 Å². The number of carbonyl (C=O) groups is 1. The van der Waals surface area contributed by atoms with Crippen molar-refractivity contribution in [3.8, 4) is 0 Å². The van der Waals surface area contributed by atoms with Crippen LogP contribution in [0.25, 0.3) is 0 Å². The maximum absolute atomic E-state index is 12.6. The lowest BCUT2D eigenvalue weighted by atomic mass is 10.0. The minimum absolute atomic E-state index is 0.128. The van der Waals surface area contributed by atoms with Crippen LogP contribution in [-0.2, 0) is 0 Å². The molecule has 2 atom stereocenters. The van der Waals surface area contributed by atoms with Gasteiger partial charge >= 0.3 is 5.69 Å². The van der Waals surface area contributed by atoms with Crippen LogP contribution in [0.1, 0.15) is 31.1 Å². The van der Waals surface area contributed by atoms with Gasteiger partial charge in [0.15, 0.2) is 0 Å². The van der Waals surface area contributed by atoms with Gasteiger partial charge in [0.2, 0.25) is 0 Å². The van der Waals surface area contributed by atoms with Crippen molar-refractivity contribution in [1.82, 2.24) is 4.90 Å². The molecule has 1 aromatic rings. The Balaban J connectivity index is 2.37. The van der Waals surface area contributed by atoms with Crippen molar-refractivity contribution in [2.75, 3.05) is 25.0 Å². The van der Waals surface area contributed by atoms with Crippen LogP contribution in [0.5, 0.6) is 0 Å². The fourth-order valence-corrected chi connectivity index (χ4v) is 2.71. The van der Waals surface area contributed by atoms with E-state index in [1.54, 1.807) is 17.0 Å². The normalized spacial score (nSPS) is 21.4. The fourth-order valence-electron chi connectivity index (χ4n) is 2.71. The molecular formula is C15H21N3O3. The van der Waals surface area contributed by atoms with Crippen LogP contribution in [0.3, 0.4) is 0 Å². The Morgan fingerprint density at radius 2 is 2.00 bits per heavy atom. The van der Waals surface area contributed by atoms with Gasteiger partial charge in [-0.25, -0.2) is 0 Å². The van der Waals surface area contributed by atoms with Crippen LogP contribution in [0.15, 0.2) is 18.2 Å². The maximum Gasteiger partial charge on any atom is 0.305 e. The number of nitro benzene ring substituents is 1. The number of nitrogens with one attached hydrogen (secondary N) is 1. The van der Waals surface area contributed by atoms with Gasteiger partial charge in [-0.05, 0) is 30.9 Å². The average Bonchev–Trinajstić information content (AvgIpc) is 2.77. The Morgan fingerprint density at radius 3 is 2.52 bits per heavy atom. The topological polar surface area (TPSA) is 75.5 Å². The number of carbonyl (C=O) groups excluding carboxylic acids is 1. The lowest BCUT2D eigenvalue weighted by molar-refractivity contribution is -0.384. The minimum Gasteiger partial charge on any atom is -0.380 e. The zero-order valence-corrected chi connectivity index (χ0v) is 12.6. The summed E-state index contributed by atoms with van der Waals surface area (Å²) in [6.45, 7) is 7.94. The summed E-state index contributed by atoms with van der Waals surface area (Å²) in [5, 5.41) is 14.3. The van der Waals surface area contributed by atoms with E-state index < -0.39 is 4.92 Å². The molecule has 1 saturated heterocycles. The molecule has 2 rings (SSSR count). The molecule has 1 aromatic carbocycles. The smallest absolute Gasteiger partial charge is 0.305 e. The Morgan fingerprint density at radius 1 is 1.38 bits per heavy atom. The predicted molar refractivity (Wildman–Crippen MR) is 81.5 cm³/mol. The molecule has 1 amide bonds. The number of hydrogen-bond acceptors (Lipinski definition) is 4. The molecule has 0 aromatic heterocycles. The number of rotatable bonds is 4. The fraction of sp³-hybridized carbons (Fsp3) is 0.533. The van der Waals surface area contributed by atoms with E-state index in [4.69, 9.17) is 0 Å². The number of para-hydroxylation sites is 1. The molecule has 6 nitrogen and oxygen atoms in total. The SMILES string of the molecule is CCNc1cccc(C(=O)N2CC(C)C(C)C2)c1[N+](=O)[O-]. The van der Waals surface area contributed by atoms with Gasteiger partial charge in [-0.1, -0.05) is 19.9 Å². The molecular weight excluding hydrogens is 270 g/mol. The van der Waals surface area contributed by atoms with E-state index in [2.05, 4.69) is 19.2 Å². The van der Waals surface area contributed by atoms with Gasteiger partial charge in [-0.15, -0.1) is 0 Å². The van der Waals surface area contributed by atoms with Crippen molar-refractivity contribution >= 4 is 17.3 Å². The molecule has 0 bridgehead atoms. The van der Waals surface area contributed by atoms with E-state index in [1.165, 1.54) is 6.07 Å². The number of amides is 1. The molecule has 2 unspecified atom stereocenters. The third-order valence-electron chi connectivity index (χ3n) is 4.09.